The average Bonchev–Trinajstić information content (AvgIpc) is 3.19. The lowest BCUT2D eigenvalue weighted by atomic mass is 10.2. The fraction of sp³-hybridized carbons (Fsp3) is 0.533. The van der Waals surface area contributed by atoms with Gasteiger partial charge in [0.2, 0.25) is 0 Å². The molecule has 1 unspecified atom stereocenters. The molecule has 6 nitrogen and oxygen atoms in total. The molecule has 2 aromatic rings. The van der Waals surface area contributed by atoms with E-state index in [9.17, 15) is 13.2 Å². The highest BCUT2D eigenvalue weighted by molar-refractivity contribution is 7.91. The molecule has 1 aliphatic heterocycles. The minimum Gasteiger partial charge on any atom is -0.337 e. The Morgan fingerprint density at radius 1 is 1.42 bits per heavy atom. The van der Waals surface area contributed by atoms with Crippen LogP contribution in [0, 0.1) is 0 Å². The Kier molecular flexibility index (Phi) is 5.31. The molecule has 0 spiro atoms. The first-order valence-corrected chi connectivity index (χ1v) is 11.2. The second-order valence-electron chi connectivity index (χ2n) is 5.75. The zero-order chi connectivity index (χ0) is 17.2. The first kappa shape index (κ1) is 17.5. The third kappa shape index (κ3) is 3.52. The van der Waals surface area contributed by atoms with E-state index in [1.54, 1.807) is 4.90 Å². The van der Waals surface area contributed by atoms with Gasteiger partial charge < -0.3 is 4.90 Å². The van der Waals surface area contributed by atoms with Crippen LogP contribution in [0.25, 0.3) is 0 Å². The lowest BCUT2D eigenvalue weighted by molar-refractivity contribution is 0.0770. The number of nitrogens with zero attached hydrogens (tertiary/aromatic N) is 3. The summed E-state index contributed by atoms with van der Waals surface area (Å²) in [6, 6.07) is 3.72. The van der Waals surface area contributed by atoms with Crippen LogP contribution in [0.3, 0.4) is 0 Å². The fourth-order valence-corrected chi connectivity index (χ4v) is 6.54. The molecule has 0 aromatic carbocycles. The molecule has 24 heavy (non-hydrogen) atoms. The molecule has 0 radical (unpaired) electrons. The van der Waals surface area contributed by atoms with E-state index in [4.69, 9.17) is 0 Å². The molecular formula is C15H19N3O3S3. The number of aromatic nitrogens is 2. The molecule has 0 bridgehead atoms. The average molecular weight is 386 g/mol. The molecule has 1 fully saturated rings. The number of sulfone groups is 1. The molecule has 9 heteroatoms. The third-order valence-corrected chi connectivity index (χ3v) is 8.12. The van der Waals surface area contributed by atoms with E-state index in [1.165, 1.54) is 11.3 Å². The van der Waals surface area contributed by atoms with E-state index in [1.807, 2.05) is 24.4 Å². The van der Waals surface area contributed by atoms with Gasteiger partial charge in [0, 0.05) is 18.0 Å². The van der Waals surface area contributed by atoms with Crippen LogP contribution in [0.1, 0.15) is 45.3 Å². The topological polar surface area (TPSA) is 80.2 Å². The van der Waals surface area contributed by atoms with E-state index in [-0.39, 0.29) is 18.2 Å². The standard InChI is InChI=1S/C15H19N3O3S3/c1-2-4-11-14(23-17-16-11)15(19)18-7-6-13(12-5-3-9-22-12)24(20,21)10-8-18/h3,5,9,13H,2,4,6-8,10H2,1H3. The predicted octanol–water partition coefficient (Wildman–Crippen LogP) is 2.55. The first-order chi connectivity index (χ1) is 11.5. The second-order valence-corrected chi connectivity index (χ2v) is 9.79. The van der Waals surface area contributed by atoms with Crippen LogP contribution in [0.4, 0.5) is 0 Å². The summed E-state index contributed by atoms with van der Waals surface area (Å²) in [6.07, 6.45) is 2.03. The SMILES string of the molecule is CCCc1nnsc1C(=O)N1CCC(c2cccs2)S(=O)(=O)CC1. The fourth-order valence-electron chi connectivity index (χ4n) is 2.86. The molecule has 130 valence electrons. The van der Waals surface area contributed by atoms with Crippen molar-refractivity contribution in [3.8, 4) is 0 Å². The molecule has 1 aliphatic rings. The molecule has 0 N–H and O–H groups in total. The van der Waals surface area contributed by atoms with Gasteiger partial charge in [-0.1, -0.05) is 23.9 Å². The van der Waals surface area contributed by atoms with Crippen LogP contribution in [0.5, 0.6) is 0 Å². The summed E-state index contributed by atoms with van der Waals surface area (Å²) in [5.41, 5.74) is 0.717. The summed E-state index contributed by atoms with van der Waals surface area (Å²) in [7, 11) is -3.25. The first-order valence-electron chi connectivity index (χ1n) is 7.88. The normalized spacial score (nSPS) is 20.7. The summed E-state index contributed by atoms with van der Waals surface area (Å²) < 4.78 is 29.0. The number of thiophene rings is 1. The van der Waals surface area contributed by atoms with E-state index in [0.29, 0.717) is 24.3 Å². The van der Waals surface area contributed by atoms with Crippen molar-refractivity contribution in [2.24, 2.45) is 0 Å². The lowest BCUT2D eigenvalue weighted by Gasteiger charge is -2.19. The monoisotopic (exact) mass is 385 g/mol. The van der Waals surface area contributed by atoms with Crippen LogP contribution in [0.2, 0.25) is 0 Å². The van der Waals surface area contributed by atoms with Gasteiger partial charge >= 0.3 is 0 Å². The summed E-state index contributed by atoms with van der Waals surface area (Å²) in [4.78, 5) is 15.8. The Morgan fingerprint density at radius 3 is 2.96 bits per heavy atom. The Hall–Kier alpha value is -1.32. The molecule has 1 amide bonds. The summed E-state index contributed by atoms with van der Waals surface area (Å²) in [5, 5.41) is 5.41. The van der Waals surface area contributed by atoms with Crippen molar-refractivity contribution in [3.05, 3.63) is 33.0 Å². The highest BCUT2D eigenvalue weighted by Crippen LogP contribution is 2.32. The third-order valence-electron chi connectivity index (χ3n) is 4.12. The van der Waals surface area contributed by atoms with E-state index in [0.717, 1.165) is 28.5 Å². The number of carbonyl (C=O) groups is 1. The molecule has 2 aromatic heterocycles. The van der Waals surface area contributed by atoms with E-state index in [2.05, 4.69) is 9.59 Å². The molecular weight excluding hydrogens is 366 g/mol. The second kappa shape index (κ2) is 7.28. The van der Waals surface area contributed by atoms with Crippen molar-refractivity contribution in [3.63, 3.8) is 0 Å². The maximum absolute atomic E-state index is 12.8. The van der Waals surface area contributed by atoms with Crippen molar-refractivity contribution in [2.75, 3.05) is 18.8 Å². The predicted molar refractivity (Wildman–Crippen MR) is 95.3 cm³/mol. The van der Waals surface area contributed by atoms with Gasteiger partial charge in [-0.25, -0.2) is 8.42 Å². The van der Waals surface area contributed by atoms with E-state index < -0.39 is 15.1 Å². The Morgan fingerprint density at radius 2 is 2.25 bits per heavy atom. The number of hydrogen-bond acceptors (Lipinski definition) is 7. The van der Waals surface area contributed by atoms with Gasteiger partial charge in [0.1, 0.15) is 4.88 Å². The number of hydrogen-bond donors (Lipinski definition) is 0. The van der Waals surface area contributed by atoms with E-state index >= 15 is 0 Å². The van der Waals surface area contributed by atoms with Gasteiger partial charge in [-0.15, -0.1) is 16.4 Å². The van der Waals surface area contributed by atoms with Crippen LogP contribution in [-0.4, -0.2) is 47.7 Å². The van der Waals surface area contributed by atoms with Gasteiger partial charge in [0.05, 0.1) is 16.7 Å². The Bertz CT molecular complexity index is 799. The quantitative estimate of drug-likeness (QED) is 0.808. The van der Waals surface area contributed by atoms with Crippen LogP contribution in [0.15, 0.2) is 17.5 Å². The molecule has 3 heterocycles. The van der Waals surface area contributed by atoms with Crippen LogP contribution in [-0.2, 0) is 16.3 Å². The number of rotatable bonds is 4. The number of aryl methyl sites for hydroxylation is 1. The van der Waals surface area contributed by atoms with Gasteiger partial charge in [-0.2, -0.15) is 0 Å². The Balaban J connectivity index is 1.80. The van der Waals surface area contributed by atoms with Crippen molar-refractivity contribution in [1.82, 2.24) is 14.5 Å². The van der Waals surface area contributed by atoms with Crippen LogP contribution < -0.4 is 0 Å². The molecule has 1 atom stereocenters. The lowest BCUT2D eigenvalue weighted by Crippen LogP contribution is -2.33. The van der Waals surface area contributed by atoms with Crippen molar-refractivity contribution < 1.29 is 13.2 Å². The zero-order valence-corrected chi connectivity index (χ0v) is 15.8. The van der Waals surface area contributed by atoms with Gasteiger partial charge in [-0.05, 0) is 35.8 Å². The number of carbonyl (C=O) groups excluding carboxylic acids is 1. The molecule has 3 rings (SSSR count). The number of amides is 1. The van der Waals surface area contributed by atoms with Crippen molar-refractivity contribution in [2.45, 2.75) is 31.4 Å². The minimum atomic E-state index is -3.25. The smallest absolute Gasteiger partial charge is 0.267 e. The maximum atomic E-state index is 12.8. The van der Waals surface area contributed by atoms with Gasteiger partial charge in [0.15, 0.2) is 9.84 Å². The minimum absolute atomic E-state index is 0.00332. The van der Waals surface area contributed by atoms with Gasteiger partial charge in [0.25, 0.3) is 5.91 Å². The highest BCUT2D eigenvalue weighted by Gasteiger charge is 2.34. The summed E-state index contributed by atoms with van der Waals surface area (Å²) >= 11 is 2.55. The van der Waals surface area contributed by atoms with Gasteiger partial charge in [-0.3, -0.25) is 4.79 Å². The summed E-state index contributed by atoms with van der Waals surface area (Å²) in [5.74, 6) is -0.146. The molecule has 0 saturated carbocycles. The van der Waals surface area contributed by atoms with Crippen molar-refractivity contribution in [1.29, 1.82) is 0 Å². The summed E-state index contributed by atoms with van der Waals surface area (Å²) in [6.45, 7) is 2.69. The van der Waals surface area contributed by atoms with Crippen LogP contribution >= 0.6 is 22.9 Å². The molecule has 0 aliphatic carbocycles. The molecule has 1 saturated heterocycles. The Labute approximate surface area is 149 Å². The maximum Gasteiger partial charge on any atom is 0.267 e. The zero-order valence-electron chi connectivity index (χ0n) is 13.3. The highest BCUT2D eigenvalue weighted by atomic mass is 32.2. The van der Waals surface area contributed by atoms with Crippen molar-refractivity contribution >= 4 is 38.6 Å². The largest absolute Gasteiger partial charge is 0.337 e.